The van der Waals surface area contributed by atoms with Gasteiger partial charge in [0.1, 0.15) is 10.8 Å². The van der Waals surface area contributed by atoms with E-state index in [-0.39, 0.29) is 17.2 Å². The van der Waals surface area contributed by atoms with Crippen molar-refractivity contribution in [2.24, 2.45) is 5.73 Å². The lowest BCUT2D eigenvalue weighted by Crippen LogP contribution is -2.33. The fourth-order valence-corrected chi connectivity index (χ4v) is 2.58. The maximum absolute atomic E-state index is 11.8. The van der Waals surface area contributed by atoms with Gasteiger partial charge in [0.05, 0.1) is 17.7 Å². The van der Waals surface area contributed by atoms with E-state index in [9.17, 15) is 4.79 Å². The fraction of sp³-hybridized carbons (Fsp3) is 0.615. The molecule has 7 heteroatoms. The summed E-state index contributed by atoms with van der Waals surface area (Å²) in [6.07, 6.45) is 4.28. The normalized spacial score (nSPS) is 22.8. The van der Waals surface area contributed by atoms with Gasteiger partial charge < -0.3 is 20.8 Å². The van der Waals surface area contributed by atoms with E-state index < -0.39 is 0 Å². The SMILES string of the molecule is NC1CCC(OCCNC(=O)c2cc(Cl)c(Cl)[nH]2)CC1. The maximum Gasteiger partial charge on any atom is 0.267 e. The van der Waals surface area contributed by atoms with E-state index in [4.69, 9.17) is 33.7 Å². The largest absolute Gasteiger partial charge is 0.376 e. The van der Waals surface area contributed by atoms with Gasteiger partial charge in [-0.3, -0.25) is 4.79 Å². The van der Waals surface area contributed by atoms with E-state index >= 15 is 0 Å². The van der Waals surface area contributed by atoms with Crippen molar-refractivity contribution in [3.8, 4) is 0 Å². The number of H-pyrrole nitrogens is 1. The molecule has 0 atom stereocenters. The number of aromatic amines is 1. The Morgan fingerprint density at radius 2 is 2.10 bits per heavy atom. The average Bonchev–Trinajstić information content (AvgIpc) is 2.77. The van der Waals surface area contributed by atoms with E-state index in [0.29, 0.717) is 29.9 Å². The van der Waals surface area contributed by atoms with Gasteiger partial charge in [-0.05, 0) is 31.7 Å². The summed E-state index contributed by atoms with van der Waals surface area (Å²) in [6.45, 7) is 0.948. The monoisotopic (exact) mass is 319 g/mol. The number of carbonyl (C=O) groups is 1. The Morgan fingerprint density at radius 3 is 2.70 bits per heavy atom. The van der Waals surface area contributed by atoms with Crippen LogP contribution in [0.15, 0.2) is 6.07 Å². The molecular formula is C13H19Cl2N3O2. The number of rotatable bonds is 5. The smallest absolute Gasteiger partial charge is 0.267 e. The van der Waals surface area contributed by atoms with Gasteiger partial charge in [0.15, 0.2) is 0 Å². The molecule has 0 aliphatic heterocycles. The molecule has 1 aliphatic rings. The van der Waals surface area contributed by atoms with Crippen molar-refractivity contribution in [2.75, 3.05) is 13.2 Å². The molecule has 2 rings (SSSR count). The van der Waals surface area contributed by atoms with E-state index in [1.165, 1.54) is 6.07 Å². The van der Waals surface area contributed by atoms with Gasteiger partial charge in [-0.15, -0.1) is 0 Å². The minimum absolute atomic E-state index is 0.243. The summed E-state index contributed by atoms with van der Waals surface area (Å²) in [4.78, 5) is 14.5. The lowest BCUT2D eigenvalue weighted by molar-refractivity contribution is 0.0267. The molecule has 1 fully saturated rings. The van der Waals surface area contributed by atoms with Gasteiger partial charge in [0.2, 0.25) is 0 Å². The standard InChI is InChI=1S/C13H19Cl2N3O2/c14-10-7-11(18-12(10)15)13(19)17-5-6-20-9-3-1-8(16)2-4-9/h7-9,18H,1-6,16H2,(H,17,19). The van der Waals surface area contributed by atoms with Crippen molar-refractivity contribution < 1.29 is 9.53 Å². The number of carbonyl (C=O) groups excluding carboxylic acids is 1. The molecule has 4 N–H and O–H groups in total. The molecule has 0 unspecified atom stereocenters. The summed E-state index contributed by atoms with van der Waals surface area (Å²) < 4.78 is 5.71. The molecule has 0 aromatic carbocycles. The van der Waals surface area contributed by atoms with Crippen molar-refractivity contribution in [2.45, 2.75) is 37.8 Å². The van der Waals surface area contributed by atoms with E-state index in [1.54, 1.807) is 0 Å². The van der Waals surface area contributed by atoms with Crippen LogP contribution in [-0.2, 0) is 4.74 Å². The van der Waals surface area contributed by atoms with Crippen LogP contribution in [0.25, 0.3) is 0 Å². The summed E-state index contributed by atoms with van der Waals surface area (Å²) >= 11 is 11.5. The fourth-order valence-electron chi connectivity index (χ4n) is 2.27. The predicted octanol–water partition coefficient (Wildman–Crippen LogP) is 2.34. The first-order valence-corrected chi connectivity index (χ1v) is 7.51. The molecule has 1 amide bonds. The number of halogens is 2. The Labute approximate surface area is 128 Å². The number of hydrogen-bond donors (Lipinski definition) is 3. The molecule has 0 bridgehead atoms. The molecule has 1 heterocycles. The van der Waals surface area contributed by atoms with Crippen LogP contribution < -0.4 is 11.1 Å². The predicted molar refractivity (Wildman–Crippen MR) is 79.3 cm³/mol. The first kappa shape index (κ1) is 15.6. The van der Waals surface area contributed by atoms with Crippen LogP contribution in [0.5, 0.6) is 0 Å². The maximum atomic E-state index is 11.8. The third kappa shape index (κ3) is 4.38. The molecule has 0 spiro atoms. The van der Waals surface area contributed by atoms with Gasteiger partial charge in [-0.25, -0.2) is 0 Å². The molecule has 1 aliphatic carbocycles. The van der Waals surface area contributed by atoms with Crippen LogP contribution in [0, 0.1) is 0 Å². The van der Waals surface area contributed by atoms with Crippen LogP contribution in [0.2, 0.25) is 10.2 Å². The van der Waals surface area contributed by atoms with E-state index in [2.05, 4.69) is 10.3 Å². The highest BCUT2D eigenvalue weighted by atomic mass is 35.5. The molecule has 1 aromatic heterocycles. The zero-order valence-electron chi connectivity index (χ0n) is 11.1. The van der Waals surface area contributed by atoms with E-state index in [0.717, 1.165) is 25.7 Å². The lowest BCUT2D eigenvalue weighted by atomic mass is 9.94. The molecule has 112 valence electrons. The quantitative estimate of drug-likeness (QED) is 0.729. The highest BCUT2D eigenvalue weighted by Crippen LogP contribution is 2.21. The zero-order chi connectivity index (χ0) is 14.5. The minimum Gasteiger partial charge on any atom is -0.376 e. The summed E-state index contributed by atoms with van der Waals surface area (Å²) in [7, 11) is 0. The van der Waals surface area contributed by atoms with Crippen LogP contribution in [0.1, 0.15) is 36.2 Å². The Hall–Kier alpha value is -0.750. The van der Waals surface area contributed by atoms with Crippen molar-refractivity contribution in [3.05, 3.63) is 21.9 Å². The number of nitrogens with one attached hydrogen (secondary N) is 2. The highest BCUT2D eigenvalue weighted by molar-refractivity contribution is 6.41. The summed E-state index contributed by atoms with van der Waals surface area (Å²) in [6, 6.07) is 1.82. The lowest BCUT2D eigenvalue weighted by Gasteiger charge is -2.26. The van der Waals surface area contributed by atoms with Crippen LogP contribution in [0.3, 0.4) is 0 Å². The Balaban J connectivity index is 1.64. The van der Waals surface area contributed by atoms with Crippen molar-refractivity contribution >= 4 is 29.1 Å². The van der Waals surface area contributed by atoms with Gasteiger partial charge in [-0.1, -0.05) is 23.2 Å². The molecule has 0 radical (unpaired) electrons. The topological polar surface area (TPSA) is 80.1 Å². The summed E-state index contributed by atoms with van der Waals surface area (Å²) in [5.74, 6) is -0.243. The Bertz CT molecular complexity index is 437. The Kier molecular flexibility index (Phi) is 5.72. The van der Waals surface area contributed by atoms with Crippen molar-refractivity contribution in [1.29, 1.82) is 0 Å². The van der Waals surface area contributed by atoms with Gasteiger partial charge >= 0.3 is 0 Å². The third-order valence-electron chi connectivity index (χ3n) is 3.43. The number of ether oxygens (including phenoxy) is 1. The summed E-state index contributed by atoms with van der Waals surface area (Å²) in [5, 5.41) is 3.36. The van der Waals surface area contributed by atoms with E-state index in [1.807, 2.05) is 0 Å². The zero-order valence-corrected chi connectivity index (χ0v) is 12.6. The highest BCUT2D eigenvalue weighted by Gasteiger charge is 2.18. The van der Waals surface area contributed by atoms with Gasteiger partial charge in [0, 0.05) is 12.6 Å². The third-order valence-corrected chi connectivity index (χ3v) is 4.12. The summed E-state index contributed by atoms with van der Waals surface area (Å²) in [5.41, 5.74) is 6.18. The molecule has 1 saturated carbocycles. The van der Waals surface area contributed by atoms with Crippen LogP contribution >= 0.6 is 23.2 Å². The second kappa shape index (κ2) is 7.31. The number of hydrogen-bond acceptors (Lipinski definition) is 3. The van der Waals surface area contributed by atoms with Crippen LogP contribution in [-0.4, -0.2) is 36.2 Å². The second-order valence-electron chi connectivity index (χ2n) is 5.01. The molecule has 1 aromatic rings. The van der Waals surface area contributed by atoms with Crippen LogP contribution in [0.4, 0.5) is 0 Å². The molecule has 20 heavy (non-hydrogen) atoms. The van der Waals surface area contributed by atoms with Gasteiger partial charge in [-0.2, -0.15) is 0 Å². The number of aromatic nitrogens is 1. The van der Waals surface area contributed by atoms with Gasteiger partial charge in [0.25, 0.3) is 5.91 Å². The average molecular weight is 320 g/mol. The molecular weight excluding hydrogens is 301 g/mol. The van der Waals surface area contributed by atoms with Crippen molar-refractivity contribution in [1.82, 2.24) is 10.3 Å². The first-order chi connectivity index (χ1) is 9.56. The second-order valence-corrected chi connectivity index (χ2v) is 5.79. The van der Waals surface area contributed by atoms with Crippen molar-refractivity contribution in [3.63, 3.8) is 0 Å². The Morgan fingerprint density at radius 1 is 1.40 bits per heavy atom. The minimum atomic E-state index is -0.243. The number of amides is 1. The molecule has 0 saturated heterocycles. The number of nitrogens with two attached hydrogens (primary N) is 1. The first-order valence-electron chi connectivity index (χ1n) is 6.75. The molecule has 5 nitrogen and oxygen atoms in total.